The van der Waals surface area contributed by atoms with Gasteiger partial charge in [-0.3, -0.25) is 0 Å². The first-order valence-corrected chi connectivity index (χ1v) is 17.7. The maximum absolute atomic E-state index is 12.0. The molecule has 0 bridgehead atoms. The van der Waals surface area contributed by atoms with E-state index in [1.54, 1.807) is 15.3 Å². The van der Waals surface area contributed by atoms with E-state index >= 15 is 0 Å². The second-order valence-electron chi connectivity index (χ2n) is 13.3. The van der Waals surface area contributed by atoms with Crippen LogP contribution >= 0.6 is 22.7 Å². The highest BCUT2D eigenvalue weighted by atomic mass is 32.1. The Hall–Kier alpha value is -3.99. The van der Waals surface area contributed by atoms with Gasteiger partial charge in [0, 0.05) is 38.6 Å². The molecular weight excluding hydrogens is 677 g/mol. The molecule has 2 aromatic heterocycles. The Bertz CT molecular complexity index is 1370. The summed E-state index contributed by atoms with van der Waals surface area (Å²) in [4.78, 5) is 68.7. The number of thiazole rings is 2. The highest BCUT2D eigenvalue weighted by molar-refractivity contribution is 7.12. The molecule has 2 aromatic rings. The number of carbonyl (C=O) groups excluding carboxylic acids is 5. The standard InChI is InChI=1S/C16H25N3O4S.C11H19NO3.C5H6N2O2S/c1-16(2,3)23-15(21)19-7-5-11(6-8-19)9-17-13-12(14(20)22-4)24-10-18-13;1-11(2,3)15-10(14)12-6-4-9(8-13)5-7-12;1-9-5(8)3-4(6)7-2-10-3/h10-11,17H,5-9H2,1-4H3;8-9H,4-7H2,1-3H3;2H,6H2,1H3. The SMILES string of the molecule is CC(C)(C)OC(=O)N1CCC(C=O)CC1.COC(=O)c1scnc1N.COC(=O)c1scnc1NCC1CCN(C(=O)OC(C)(C)C)CC1. The molecule has 2 amide bonds. The number of nitrogen functional groups attached to an aromatic ring is 1. The number of ether oxygens (including phenoxy) is 4. The molecule has 0 unspecified atom stereocenters. The summed E-state index contributed by atoms with van der Waals surface area (Å²) in [6.07, 6.45) is 3.75. The van der Waals surface area contributed by atoms with Crippen molar-refractivity contribution in [3.05, 3.63) is 20.8 Å². The molecule has 4 rings (SSSR count). The maximum Gasteiger partial charge on any atom is 0.410 e. The van der Waals surface area contributed by atoms with Crippen LogP contribution in [0.1, 0.15) is 86.6 Å². The Balaban J connectivity index is 0.000000283. The molecule has 15 nitrogen and oxygen atoms in total. The molecule has 0 aliphatic carbocycles. The summed E-state index contributed by atoms with van der Waals surface area (Å²) in [7, 11) is 2.67. The van der Waals surface area contributed by atoms with Gasteiger partial charge in [0.1, 0.15) is 23.3 Å². The summed E-state index contributed by atoms with van der Waals surface area (Å²) in [5.74, 6) is 0.539. The zero-order valence-corrected chi connectivity index (χ0v) is 31.2. The Morgan fingerprint density at radius 3 is 1.69 bits per heavy atom. The number of nitrogens with zero attached hydrogens (tertiary/aromatic N) is 4. The quantitative estimate of drug-likeness (QED) is 0.221. The van der Waals surface area contributed by atoms with Gasteiger partial charge in [0.2, 0.25) is 0 Å². The minimum absolute atomic E-state index is 0.115. The summed E-state index contributed by atoms with van der Waals surface area (Å²) in [6.45, 7) is 14.5. The van der Waals surface area contributed by atoms with Crippen LogP contribution in [0.4, 0.5) is 21.2 Å². The number of hydrogen-bond acceptors (Lipinski definition) is 15. The fraction of sp³-hybridized carbons (Fsp3) is 0.656. The van der Waals surface area contributed by atoms with Crippen LogP contribution in [-0.2, 0) is 23.7 Å². The molecule has 2 fully saturated rings. The minimum Gasteiger partial charge on any atom is -0.465 e. The van der Waals surface area contributed by atoms with Gasteiger partial charge in [-0.2, -0.15) is 0 Å². The molecule has 2 aliphatic heterocycles. The summed E-state index contributed by atoms with van der Waals surface area (Å²) in [5, 5.41) is 3.22. The van der Waals surface area contributed by atoms with Crippen LogP contribution in [0.3, 0.4) is 0 Å². The normalized spacial score (nSPS) is 15.4. The lowest BCUT2D eigenvalue weighted by Crippen LogP contribution is -2.42. The zero-order chi connectivity index (χ0) is 36.8. The van der Waals surface area contributed by atoms with Crippen LogP contribution < -0.4 is 11.1 Å². The number of aromatic nitrogens is 2. The van der Waals surface area contributed by atoms with E-state index in [9.17, 15) is 24.0 Å². The maximum atomic E-state index is 12.0. The first-order chi connectivity index (χ1) is 23.0. The summed E-state index contributed by atoms with van der Waals surface area (Å²) in [6, 6.07) is 0. The van der Waals surface area contributed by atoms with E-state index < -0.39 is 17.2 Å². The number of methoxy groups -OCH3 is 2. The van der Waals surface area contributed by atoms with E-state index in [0.717, 1.165) is 38.5 Å². The van der Waals surface area contributed by atoms with Gasteiger partial charge >= 0.3 is 24.1 Å². The number of aldehydes is 1. The van der Waals surface area contributed by atoms with Gasteiger partial charge < -0.3 is 44.6 Å². The van der Waals surface area contributed by atoms with Gasteiger partial charge in [-0.25, -0.2) is 29.1 Å². The highest BCUT2D eigenvalue weighted by Gasteiger charge is 2.28. The molecule has 49 heavy (non-hydrogen) atoms. The van der Waals surface area contributed by atoms with E-state index in [1.807, 2.05) is 41.5 Å². The first kappa shape index (κ1) is 41.2. The van der Waals surface area contributed by atoms with Crippen molar-refractivity contribution in [1.29, 1.82) is 0 Å². The zero-order valence-electron chi connectivity index (χ0n) is 29.6. The van der Waals surface area contributed by atoms with E-state index in [0.29, 0.717) is 47.7 Å². The fourth-order valence-electron chi connectivity index (χ4n) is 4.54. The molecule has 17 heteroatoms. The summed E-state index contributed by atoms with van der Waals surface area (Å²) in [5.41, 5.74) is 7.53. The van der Waals surface area contributed by atoms with E-state index in [1.165, 1.54) is 42.4 Å². The van der Waals surface area contributed by atoms with Crippen molar-refractivity contribution >= 4 is 64.7 Å². The third kappa shape index (κ3) is 14.6. The molecule has 0 radical (unpaired) electrons. The van der Waals surface area contributed by atoms with Gasteiger partial charge in [0.15, 0.2) is 15.6 Å². The predicted molar refractivity (Wildman–Crippen MR) is 187 cm³/mol. The molecule has 3 N–H and O–H groups in total. The van der Waals surface area contributed by atoms with Crippen LogP contribution in [0, 0.1) is 11.8 Å². The molecule has 274 valence electrons. The summed E-state index contributed by atoms with van der Waals surface area (Å²) >= 11 is 2.43. The van der Waals surface area contributed by atoms with Crippen molar-refractivity contribution in [1.82, 2.24) is 19.8 Å². The molecule has 4 heterocycles. The number of hydrogen-bond donors (Lipinski definition) is 2. The molecule has 0 saturated carbocycles. The second kappa shape index (κ2) is 19.3. The Labute approximate surface area is 295 Å². The van der Waals surface area contributed by atoms with Gasteiger partial charge in [0.05, 0.1) is 25.2 Å². The van der Waals surface area contributed by atoms with Crippen molar-refractivity contribution in [2.24, 2.45) is 11.8 Å². The number of nitrogens with two attached hydrogens (primary N) is 1. The van der Waals surface area contributed by atoms with Crippen molar-refractivity contribution in [3.63, 3.8) is 0 Å². The molecular formula is C32H50N6O9S2. The summed E-state index contributed by atoms with van der Waals surface area (Å²) < 4.78 is 19.8. The van der Waals surface area contributed by atoms with E-state index in [2.05, 4.69) is 20.0 Å². The van der Waals surface area contributed by atoms with Crippen molar-refractivity contribution < 1.29 is 42.9 Å². The van der Waals surface area contributed by atoms with Crippen LogP contribution in [0.5, 0.6) is 0 Å². The van der Waals surface area contributed by atoms with Gasteiger partial charge in [0.25, 0.3) is 0 Å². The number of rotatable bonds is 6. The van der Waals surface area contributed by atoms with Gasteiger partial charge in [-0.15, -0.1) is 22.7 Å². The fourth-order valence-corrected chi connectivity index (χ4v) is 5.85. The van der Waals surface area contributed by atoms with Crippen LogP contribution in [0.2, 0.25) is 0 Å². The number of likely N-dealkylation sites (tertiary alicyclic amines) is 2. The average molecular weight is 727 g/mol. The Morgan fingerprint density at radius 2 is 1.27 bits per heavy atom. The molecule has 0 aromatic carbocycles. The highest BCUT2D eigenvalue weighted by Crippen LogP contribution is 2.24. The second-order valence-corrected chi connectivity index (χ2v) is 15.0. The topological polar surface area (TPSA) is 193 Å². The minimum atomic E-state index is -0.468. The number of amides is 2. The molecule has 2 saturated heterocycles. The lowest BCUT2D eigenvalue weighted by Gasteiger charge is -2.33. The lowest BCUT2D eigenvalue weighted by molar-refractivity contribution is -0.112. The molecule has 0 atom stereocenters. The van der Waals surface area contributed by atoms with Crippen LogP contribution in [0.25, 0.3) is 0 Å². The molecule has 0 spiro atoms. The number of piperidine rings is 2. The number of carbonyl (C=O) groups is 5. The first-order valence-electron chi connectivity index (χ1n) is 15.9. The van der Waals surface area contributed by atoms with E-state index in [4.69, 9.17) is 19.9 Å². The van der Waals surface area contributed by atoms with Gasteiger partial charge in [-0.1, -0.05) is 0 Å². The Kier molecular flexibility index (Phi) is 16.2. The van der Waals surface area contributed by atoms with Crippen molar-refractivity contribution in [2.45, 2.75) is 78.4 Å². The monoisotopic (exact) mass is 726 g/mol. The van der Waals surface area contributed by atoms with Crippen molar-refractivity contribution in [3.8, 4) is 0 Å². The largest absolute Gasteiger partial charge is 0.465 e. The van der Waals surface area contributed by atoms with Crippen LogP contribution in [-0.4, -0.2) is 108 Å². The smallest absolute Gasteiger partial charge is 0.410 e. The lowest BCUT2D eigenvalue weighted by atomic mass is 9.97. The Morgan fingerprint density at radius 1 is 0.816 bits per heavy atom. The molecule has 2 aliphatic rings. The van der Waals surface area contributed by atoms with Gasteiger partial charge in [-0.05, 0) is 73.1 Å². The third-order valence-corrected chi connectivity index (χ3v) is 8.74. The number of anilines is 2. The third-order valence-electron chi connectivity index (χ3n) is 7.11. The number of nitrogens with one attached hydrogen (secondary N) is 1. The van der Waals surface area contributed by atoms with Crippen molar-refractivity contribution in [2.75, 3.05) is 58.0 Å². The van der Waals surface area contributed by atoms with E-state index in [-0.39, 0.29) is 29.9 Å². The number of esters is 2. The average Bonchev–Trinajstić information content (AvgIpc) is 3.71. The van der Waals surface area contributed by atoms with Crippen LogP contribution in [0.15, 0.2) is 11.0 Å². The predicted octanol–water partition coefficient (Wildman–Crippen LogP) is 5.33.